The molecule has 3 aromatic rings. The molecular weight excluding hydrogens is 608 g/mol. The highest BCUT2D eigenvalue weighted by molar-refractivity contribution is 9.10. The number of likely N-dealkylation sites (tertiary alicyclic amines) is 1. The minimum atomic E-state index is -3.03. The first-order valence-electron chi connectivity index (χ1n) is 12.3. The number of thiophene rings is 1. The number of carbonyl (C=O) groups excluding carboxylic acids is 3. The topological polar surface area (TPSA) is 88.5 Å². The molecule has 1 fully saturated rings. The highest BCUT2D eigenvalue weighted by Gasteiger charge is 2.50. The Bertz CT molecular complexity index is 1480. The predicted octanol–water partition coefficient (Wildman–Crippen LogP) is 5.52. The van der Waals surface area contributed by atoms with Crippen molar-refractivity contribution in [2.75, 3.05) is 13.7 Å². The summed E-state index contributed by atoms with van der Waals surface area (Å²) in [5.41, 5.74) is 0.807. The molecule has 2 unspecified atom stereocenters. The van der Waals surface area contributed by atoms with Crippen LogP contribution in [0, 0.1) is 0 Å². The van der Waals surface area contributed by atoms with Crippen molar-refractivity contribution in [2.45, 2.75) is 37.8 Å². The number of amides is 3. The lowest BCUT2D eigenvalue weighted by molar-refractivity contribution is -0.147. The Labute approximate surface area is 241 Å². The van der Waals surface area contributed by atoms with E-state index in [9.17, 15) is 23.2 Å². The lowest BCUT2D eigenvalue weighted by Crippen LogP contribution is -2.43. The number of nitrogens with zero attached hydrogens (tertiary/aromatic N) is 3. The summed E-state index contributed by atoms with van der Waals surface area (Å²) in [6.07, 6.45) is 0.277. The first-order chi connectivity index (χ1) is 19.1. The Balaban J connectivity index is 1.43. The Kier molecular flexibility index (Phi) is 7.74. The maximum absolute atomic E-state index is 13.7. The Hall–Kier alpha value is -3.64. The van der Waals surface area contributed by atoms with Crippen LogP contribution < -0.4 is 9.47 Å². The van der Waals surface area contributed by atoms with E-state index >= 15 is 0 Å². The van der Waals surface area contributed by atoms with Crippen LogP contribution in [0.25, 0.3) is 0 Å². The number of methoxy groups -OCH3 is 1. The largest absolute Gasteiger partial charge is 0.493 e. The number of rotatable bonds is 8. The summed E-state index contributed by atoms with van der Waals surface area (Å²) in [7, 11) is 1.33. The van der Waals surface area contributed by atoms with Crippen molar-refractivity contribution >= 4 is 50.7 Å². The standard InChI is InChI=1S/C28H24BrF2N3O5S/c1-28(17-6-8-18(29)9-7-17)14-24(35)33(26(28)37)15-25(36)34-20(13-19(32-34)23-4-3-11-40-23)16-5-10-21(39-27(30)31)22(12-16)38-2/h3-12,20,27H,13-15H2,1-2H3. The van der Waals surface area contributed by atoms with E-state index in [-0.39, 0.29) is 17.9 Å². The minimum Gasteiger partial charge on any atom is -0.493 e. The van der Waals surface area contributed by atoms with Crippen molar-refractivity contribution in [3.63, 3.8) is 0 Å². The number of hydrogen-bond acceptors (Lipinski definition) is 7. The smallest absolute Gasteiger partial charge is 0.387 e. The zero-order valence-electron chi connectivity index (χ0n) is 21.5. The van der Waals surface area contributed by atoms with E-state index in [1.165, 1.54) is 35.6 Å². The van der Waals surface area contributed by atoms with Gasteiger partial charge in [0.2, 0.25) is 11.8 Å². The number of ether oxygens (including phenoxy) is 2. The van der Waals surface area contributed by atoms with Crippen LogP contribution in [0.5, 0.6) is 11.5 Å². The van der Waals surface area contributed by atoms with Gasteiger partial charge in [-0.3, -0.25) is 19.3 Å². The van der Waals surface area contributed by atoms with Gasteiger partial charge < -0.3 is 9.47 Å². The van der Waals surface area contributed by atoms with Crippen molar-refractivity contribution in [3.05, 3.63) is 80.5 Å². The van der Waals surface area contributed by atoms with Crippen LogP contribution in [0.3, 0.4) is 0 Å². The van der Waals surface area contributed by atoms with Gasteiger partial charge in [0, 0.05) is 17.3 Å². The normalized spacial score (nSPS) is 20.9. The molecule has 40 heavy (non-hydrogen) atoms. The molecule has 2 aromatic carbocycles. The highest BCUT2D eigenvalue weighted by Crippen LogP contribution is 2.40. The molecule has 1 aromatic heterocycles. The molecule has 3 amide bonds. The first-order valence-corrected chi connectivity index (χ1v) is 13.9. The predicted molar refractivity (Wildman–Crippen MR) is 148 cm³/mol. The van der Waals surface area contributed by atoms with E-state index in [2.05, 4.69) is 25.8 Å². The van der Waals surface area contributed by atoms with Gasteiger partial charge in [-0.25, -0.2) is 5.01 Å². The number of imide groups is 1. The van der Waals surface area contributed by atoms with E-state index in [1.807, 2.05) is 17.5 Å². The zero-order valence-corrected chi connectivity index (χ0v) is 23.9. The summed E-state index contributed by atoms with van der Waals surface area (Å²) in [5, 5.41) is 7.72. The zero-order chi connectivity index (χ0) is 28.6. The average Bonchev–Trinajstić information content (AvgIpc) is 3.65. The van der Waals surface area contributed by atoms with Crippen molar-refractivity contribution < 1.29 is 32.6 Å². The summed E-state index contributed by atoms with van der Waals surface area (Å²) in [4.78, 5) is 42.0. The second-order valence-electron chi connectivity index (χ2n) is 9.57. The number of hydrazone groups is 1. The van der Waals surface area contributed by atoms with Crippen LogP contribution in [0.2, 0.25) is 0 Å². The third kappa shape index (κ3) is 5.25. The van der Waals surface area contributed by atoms with Gasteiger partial charge in [-0.1, -0.05) is 40.2 Å². The Morgan fingerprint density at radius 2 is 1.93 bits per heavy atom. The van der Waals surface area contributed by atoms with Gasteiger partial charge in [-0.15, -0.1) is 11.3 Å². The summed E-state index contributed by atoms with van der Waals surface area (Å²) in [6, 6.07) is 14.7. The minimum absolute atomic E-state index is 0.0588. The number of alkyl halides is 2. The van der Waals surface area contributed by atoms with Crippen LogP contribution in [0.1, 0.15) is 41.8 Å². The Morgan fingerprint density at radius 1 is 1.18 bits per heavy atom. The van der Waals surface area contributed by atoms with Crippen LogP contribution in [-0.2, 0) is 19.8 Å². The maximum atomic E-state index is 13.7. The Morgan fingerprint density at radius 3 is 2.58 bits per heavy atom. The van der Waals surface area contributed by atoms with E-state index in [0.717, 1.165) is 14.2 Å². The molecule has 0 aliphatic carbocycles. The molecule has 2 aliphatic rings. The van der Waals surface area contributed by atoms with Crippen molar-refractivity contribution in [2.24, 2.45) is 5.10 Å². The van der Waals surface area contributed by atoms with Crippen LogP contribution in [-0.4, -0.2) is 53.6 Å². The quantitative estimate of drug-likeness (QED) is 0.306. The fourth-order valence-corrected chi connectivity index (χ4v) is 5.96. The fraction of sp³-hybridized carbons (Fsp3) is 0.286. The molecule has 8 nitrogen and oxygen atoms in total. The lowest BCUT2D eigenvalue weighted by atomic mass is 9.81. The van der Waals surface area contributed by atoms with E-state index in [1.54, 1.807) is 37.3 Å². The third-order valence-corrected chi connectivity index (χ3v) is 8.51. The summed E-state index contributed by atoms with van der Waals surface area (Å²) in [5.74, 6) is -1.52. The summed E-state index contributed by atoms with van der Waals surface area (Å²) >= 11 is 4.84. The molecule has 208 valence electrons. The number of benzene rings is 2. The van der Waals surface area contributed by atoms with E-state index in [0.29, 0.717) is 23.3 Å². The molecule has 0 bridgehead atoms. The second-order valence-corrected chi connectivity index (χ2v) is 11.4. The summed E-state index contributed by atoms with van der Waals surface area (Å²) in [6.45, 7) is -1.82. The molecule has 0 N–H and O–H groups in total. The van der Waals surface area contributed by atoms with Gasteiger partial charge in [0.15, 0.2) is 11.5 Å². The van der Waals surface area contributed by atoms with Gasteiger partial charge in [-0.05, 0) is 53.8 Å². The first kappa shape index (κ1) is 27.9. The van der Waals surface area contributed by atoms with Crippen LogP contribution >= 0.6 is 27.3 Å². The highest BCUT2D eigenvalue weighted by atomic mass is 79.9. The lowest BCUT2D eigenvalue weighted by Gasteiger charge is -2.26. The molecule has 2 aliphatic heterocycles. The van der Waals surface area contributed by atoms with Crippen LogP contribution in [0.15, 0.2) is 69.6 Å². The van der Waals surface area contributed by atoms with Gasteiger partial charge >= 0.3 is 6.61 Å². The molecule has 1 saturated heterocycles. The van der Waals surface area contributed by atoms with Gasteiger partial charge in [0.25, 0.3) is 5.91 Å². The molecule has 3 heterocycles. The van der Waals surface area contributed by atoms with Crippen molar-refractivity contribution in [3.8, 4) is 11.5 Å². The molecule has 0 radical (unpaired) electrons. The summed E-state index contributed by atoms with van der Waals surface area (Å²) < 4.78 is 36.3. The van der Waals surface area contributed by atoms with E-state index in [4.69, 9.17) is 4.74 Å². The second kappa shape index (κ2) is 11.1. The van der Waals surface area contributed by atoms with Crippen molar-refractivity contribution in [1.29, 1.82) is 0 Å². The monoisotopic (exact) mass is 631 g/mol. The molecule has 0 saturated carbocycles. The number of hydrogen-bond donors (Lipinski definition) is 0. The number of carbonyl (C=O) groups is 3. The molecule has 2 atom stereocenters. The van der Waals surface area contributed by atoms with E-state index < -0.39 is 42.3 Å². The van der Waals surface area contributed by atoms with Crippen LogP contribution in [0.4, 0.5) is 8.78 Å². The molecular formula is C28H24BrF2N3O5S. The van der Waals surface area contributed by atoms with Gasteiger partial charge in [0.05, 0.1) is 29.2 Å². The molecule has 0 spiro atoms. The van der Waals surface area contributed by atoms with Crippen molar-refractivity contribution in [1.82, 2.24) is 9.91 Å². The third-order valence-electron chi connectivity index (χ3n) is 7.06. The molecule has 5 rings (SSSR count). The van der Waals surface area contributed by atoms with Gasteiger partial charge in [-0.2, -0.15) is 13.9 Å². The maximum Gasteiger partial charge on any atom is 0.387 e. The SMILES string of the molecule is COc1cc(C2CC(c3cccs3)=NN2C(=O)CN2C(=O)CC(C)(c3ccc(Br)cc3)C2=O)ccc1OC(F)F. The number of halogens is 3. The fourth-order valence-electron chi connectivity index (χ4n) is 4.97. The molecule has 12 heteroatoms. The average molecular weight is 632 g/mol. The van der Waals surface area contributed by atoms with Gasteiger partial charge in [0.1, 0.15) is 6.54 Å².